The molecule has 1 amide bonds. The van der Waals surface area contributed by atoms with Crippen molar-refractivity contribution in [3.8, 4) is 5.75 Å². The SMILES string of the molecule is COc1cccc2sc(N3CCN(CCNC(=O)c4ccc(C)c(C)c4)CC3)nc12. The molecule has 0 bridgehead atoms. The second-order valence-corrected chi connectivity index (χ2v) is 8.70. The van der Waals surface area contributed by atoms with E-state index in [-0.39, 0.29) is 5.91 Å². The van der Waals surface area contributed by atoms with Crippen LogP contribution in [0.5, 0.6) is 5.75 Å². The predicted octanol–water partition coefficient (Wildman–Crippen LogP) is 3.47. The van der Waals surface area contributed by atoms with Gasteiger partial charge >= 0.3 is 0 Å². The van der Waals surface area contributed by atoms with Crippen molar-refractivity contribution in [2.24, 2.45) is 0 Å². The lowest BCUT2D eigenvalue weighted by Gasteiger charge is -2.34. The summed E-state index contributed by atoms with van der Waals surface area (Å²) in [6.45, 7) is 9.41. The number of ether oxygens (including phenoxy) is 1. The van der Waals surface area contributed by atoms with Crippen molar-refractivity contribution in [2.75, 3.05) is 51.3 Å². The van der Waals surface area contributed by atoms with Crippen LogP contribution >= 0.6 is 11.3 Å². The molecule has 158 valence electrons. The molecule has 1 aliphatic heterocycles. The summed E-state index contributed by atoms with van der Waals surface area (Å²) >= 11 is 1.72. The number of piperazine rings is 1. The van der Waals surface area contributed by atoms with E-state index < -0.39 is 0 Å². The molecule has 1 aliphatic rings. The number of fused-ring (bicyclic) bond motifs is 1. The van der Waals surface area contributed by atoms with E-state index in [9.17, 15) is 4.79 Å². The van der Waals surface area contributed by atoms with E-state index in [1.54, 1.807) is 18.4 Å². The molecule has 1 N–H and O–H groups in total. The molecule has 7 heteroatoms. The summed E-state index contributed by atoms with van der Waals surface area (Å²) in [7, 11) is 1.69. The van der Waals surface area contributed by atoms with E-state index in [1.165, 1.54) is 5.56 Å². The quantitative estimate of drug-likeness (QED) is 0.657. The number of hydrogen-bond donors (Lipinski definition) is 1. The van der Waals surface area contributed by atoms with Crippen molar-refractivity contribution in [1.29, 1.82) is 0 Å². The number of amides is 1. The number of benzene rings is 2. The first-order valence-electron chi connectivity index (χ1n) is 10.3. The van der Waals surface area contributed by atoms with Crippen molar-refractivity contribution >= 4 is 32.6 Å². The van der Waals surface area contributed by atoms with Gasteiger partial charge in [-0.3, -0.25) is 9.69 Å². The minimum Gasteiger partial charge on any atom is -0.494 e. The maximum Gasteiger partial charge on any atom is 0.251 e. The Kier molecular flexibility index (Phi) is 6.20. The van der Waals surface area contributed by atoms with Crippen LogP contribution in [-0.4, -0.2) is 62.2 Å². The number of para-hydroxylation sites is 1. The third-order valence-electron chi connectivity index (χ3n) is 5.72. The Hall–Kier alpha value is -2.64. The fourth-order valence-electron chi connectivity index (χ4n) is 3.69. The molecule has 1 saturated heterocycles. The third kappa shape index (κ3) is 4.42. The lowest BCUT2D eigenvalue weighted by atomic mass is 10.1. The molecule has 0 aliphatic carbocycles. The molecule has 1 fully saturated rings. The van der Waals surface area contributed by atoms with Crippen molar-refractivity contribution in [3.63, 3.8) is 0 Å². The molecular formula is C23H28N4O2S. The summed E-state index contributed by atoms with van der Waals surface area (Å²) < 4.78 is 6.59. The molecule has 3 aromatic rings. The normalized spacial score (nSPS) is 14.8. The van der Waals surface area contributed by atoms with Gasteiger partial charge in [0.2, 0.25) is 0 Å². The van der Waals surface area contributed by atoms with Crippen LogP contribution in [-0.2, 0) is 0 Å². The molecule has 0 spiro atoms. The highest BCUT2D eigenvalue weighted by molar-refractivity contribution is 7.22. The second kappa shape index (κ2) is 9.02. The van der Waals surface area contributed by atoms with Crippen LogP contribution in [0.2, 0.25) is 0 Å². The molecule has 4 rings (SSSR count). The lowest BCUT2D eigenvalue weighted by molar-refractivity contribution is 0.0947. The van der Waals surface area contributed by atoms with Crippen LogP contribution in [0.25, 0.3) is 10.2 Å². The van der Waals surface area contributed by atoms with Gasteiger partial charge in [0.1, 0.15) is 11.3 Å². The molecular weight excluding hydrogens is 396 g/mol. The average Bonchev–Trinajstić information content (AvgIpc) is 3.20. The Morgan fingerprint density at radius 1 is 1.13 bits per heavy atom. The number of aryl methyl sites for hydroxylation is 2. The highest BCUT2D eigenvalue weighted by Gasteiger charge is 2.20. The van der Waals surface area contributed by atoms with Gasteiger partial charge in [0.05, 0.1) is 11.8 Å². The average molecular weight is 425 g/mol. The summed E-state index contributed by atoms with van der Waals surface area (Å²) in [6.07, 6.45) is 0. The first-order chi connectivity index (χ1) is 14.5. The first-order valence-corrected chi connectivity index (χ1v) is 11.1. The summed E-state index contributed by atoms with van der Waals surface area (Å²) in [5.41, 5.74) is 4.02. The third-order valence-corrected chi connectivity index (χ3v) is 6.80. The predicted molar refractivity (Wildman–Crippen MR) is 123 cm³/mol. The second-order valence-electron chi connectivity index (χ2n) is 7.69. The molecule has 30 heavy (non-hydrogen) atoms. The van der Waals surface area contributed by atoms with Crippen LogP contribution in [0.4, 0.5) is 5.13 Å². The molecule has 2 heterocycles. The van der Waals surface area contributed by atoms with E-state index in [0.717, 1.165) is 64.9 Å². The number of thiazole rings is 1. The van der Waals surface area contributed by atoms with E-state index in [2.05, 4.69) is 28.1 Å². The first kappa shape index (κ1) is 20.6. The Bertz CT molecular complexity index is 1040. The molecule has 0 radical (unpaired) electrons. The highest BCUT2D eigenvalue weighted by Crippen LogP contribution is 2.34. The van der Waals surface area contributed by atoms with Gasteiger partial charge in [0.25, 0.3) is 5.91 Å². The number of nitrogens with one attached hydrogen (secondary N) is 1. The lowest BCUT2D eigenvalue weighted by Crippen LogP contribution is -2.48. The standard InChI is InChI=1S/C23H28N4O2S/c1-16-7-8-18(15-17(16)2)22(28)24-9-10-26-11-13-27(14-12-26)23-25-21-19(29-3)5-4-6-20(21)30-23/h4-8,15H,9-14H2,1-3H3,(H,24,28). The van der Waals surface area contributed by atoms with E-state index >= 15 is 0 Å². The molecule has 2 aromatic carbocycles. The number of hydrogen-bond acceptors (Lipinski definition) is 6. The maximum atomic E-state index is 12.4. The van der Waals surface area contributed by atoms with E-state index in [1.807, 2.05) is 37.3 Å². The van der Waals surface area contributed by atoms with Crippen molar-refractivity contribution < 1.29 is 9.53 Å². The Labute approximate surface area is 181 Å². The number of anilines is 1. The van der Waals surface area contributed by atoms with Crippen molar-refractivity contribution in [1.82, 2.24) is 15.2 Å². The summed E-state index contributed by atoms with van der Waals surface area (Å²) in [5.74, 6) is 0.827. The number of carbonyl (C=O) groups is 1. The van der Waals surface area contributed by atoms with Gasteiger partial charge in [-0.25, -0.2) is 4.98 Å². The van der Waals surface area contributed by atoms with Gasteiger partial charge in [-0.15, -0.1) is 0 Å². The van der Waals surface area contributed by atoms with Gasteiger partial charge in [-0.05, 0) is 49.2 Å². The van der Waals surface area contributed by atoms with Gasteiger partial charge in [-0.2, -0.15) is 0 Å². The van der Waals surface area contributed by atoms with Crippen molar-refractivity contribution in [2.45, 2.75) is 13.8 Å². The van der Waals surface area contributed by atoms with E-state index in [0.29, 0.717) is 6.54 Å². The number of rotatable bonds is 6. The topological polar surface area (TPSA) is 57.7 Å². The van der Waals surface area contributed by atoms with Crippen LogP contribution in [0.1, 0.15) is 21.5 Å². The number of nitrogens with zero attached hydrogens (tertiary/aromatic N) is 3. The summed E-state index contributed by atoms with van der Waals surface area (Å²) in [5, 5.41) is 4.10. The van der Waals surface area contributed by atoms with Gasteiger partial charge in [0, 0.05) is 44.8 Å². The number of methoxy groups -OCH3 is 1. The molecule has 0 atom stereocenters. The zero-order valence-electron chi connectivity index (χ0n) is 17.8. The fourth-order valence-corrected chi connectivity index (χ4v) is 4.72. The largest absolute Gasteiger partial charge is 0.494 e. The van der Waals surface area contributed by atoms with Gasteiger partial charge in [-0.1, -0.05) is 23.5 Å². The number of aromatic nitrogens is 1. The smallest absolute Gasteiger partial charge is 0.251 e. The zero-order valence-corrected chi connectivity index (χ0v) is 18.6. The monoisotopic (exact) mass is 424 g/mol. The molecule has 6 nitrogen and oxygen atoms in total. The van der Waals surface area contributed by atoms with Gasteiger partial charge in [0.15, 0.2) is 5.13 Å². The molecule has 1 aromatic heterocycles. The summed E-state index contributed by atoms with van der Waals surface area (Å²) in [4.78, 5) is 21.9. The van der Waals surface area contributed by atoms with Crippen LogP contribution < -0.4 is 15.0 Å². The number of carbonyl (C=O) groups excluding carboxylic acids is 1. The fraction of sp³-hybridized carbons (Fsp3) is 0.391. The molecule has 0 unspecified atom stereocenters. The Morgan fingerprint density at radius 3 is 2.67 bits per heavy atom. The minimum absolute atomic E-state index is 0.000147. The van der Waals surface area contributed by atoms with Crippen LogP contribution in [0.15, 0.2) is 36.4 Å². The van der Waals surface area contributed by atoms with Crippen molar-refractivity contribution in [3.05, 3.63) is 53.1 Å². The van der Waals surface area contributed by atoms with Gasteiger partial charge < -0.3 is 15.0 Å². The summed E-state index contributed by atoms with van der Waals surface area (Å²) in [6, 6.07) is 11.9. The Balaban J connectivity index is 1.27. The molecule has 0 saturated carbocycles. The maximum absolute atomic E-state index is 12.4. The Morgan fingerprint density at radius 2 is 1.93 bits per heavy atom. The van der Waals surface area contributed by atoms with Crippen LogP contribution in [0.3, 0.4) is 0 Å². The van der Waals surface area contributed by atoms with Crippen LogP contribution in [0, 0.1) is 13.8 Å². The highest BCUT2D eigenvalue weighted by atomic mass is 32.1. The zero-order chi connectivity index (χ0) is 21.1. The minimum atomic E-state index is 0.000147. The van der Waals surface area contributed by atoms with E-state index in [4.69, 9.17) is 9.72 Å².